The van der Waals surface area contributed by atoms with Crippen LogP contribution in [0.25, 0.3) is 0 Å². The van der Waals surface area contributed by atoms with E-state index in [0.717, 1.165) is 19.3 Å². The summed E-state index contributed by atoms with van der Waals surface area (Å²) in [6.45, 7) is 4.28. The van der Waals surface area contributed by atoms with Crippen molar-refractivity contribution in [2.75, 3.05) is 0 Å². The lowest BCUT2D eigenvalue weighted by Crippen LogP contribution is -2.38. The van der Waals surface area contributed by atoms with Gasteiger partial charge in [0.2, 0.25) is 0 Å². The molecule has 0 saturated heterocycles. The zero-order chi connectivity index (χ0) is 13.0. The smallest absolute Gasteiger partial charge is 0.143 e. The minimum Gasteiger partial charge on any atom is -0.299 e. The van der Waals surface area contributed by atoms with Crippen LogP contribution in [0, 0.1) is 5.92 Å². The van der Waals surface area contributed by atoms with Gasteiger partial charge in [0, 0.05) is 6.42 Å². The maximum atomic E-state index is 12.7. The van der Waals surface area contributed by atoms with Crippen LogP contribution < -0.4 is 0 Å². The molecule has 1 aromatic carbocycles. The van der Waals surface area contributed by atoms with E-state index in [0.29, 0.717) is 11.7 Å². The first-order chi connectivity index (χ1) is 8.65. The molecule has 98 valence electrons. The van der Waals surface area contributed by atoms with E-state index >= 15 is 0 Å². The van der Waals surface area contributed by atoms with Gasteiger partial charge in [-0.1, -0.05) is 63.4 Å². The molecular formula is C17H24O. The third-order valence-electron chi connectivity index (χ3n) is 4.16. The van der Waals surface area contributed by atoms with Crippen molar-refractivity contribution in [1.29, 1.82) is 0 Å². The summed E-state index contributed by atoms with van der Waals surface area (Å²) in [6, 6.07) is 10.4. The number of benzene rings is 1. The van der Waals surface area contributed by atoms with E-state index in [1.165, 1.54) is 24.8 Å². The number of hydrogen-bond acceptors (Lipinski definition) is 1. The Balaban J connectivity index is 2.31. The van der Waals surface area contributed by atoms with Gasteiger partial charge >= 0.3 is 0 Å². The van der Waals surface area contributed by atoms with Gasteiger partial charge in [-0.25, -0.2) is 0 Å². The van der Waals surface area contributed by atoms with Gasteiger partial charge in [0.25, 0.3) is 0 Å². The van der Waals surface area contributed by atoms with Gasteiger partial charge in [0.15, 0.2) is 0 Å². The fraction of sp³-hybridized carbons (Fsp3) is 0.588. The van der Waals surface area contributed by atoms with E-state index in [9.17, 15) is 4.79 Å². The molecule has 0 unspecified atom stereocenters. The van der Waals surface area contributed by atoms with Gasteiger partial charge in [-0.2, -0.15) is 0 Å². The van der Waals surface area contributed by atoms with Gasteiger partial charge in [-0.05, 0) is 24.3 Å². The maximum Gasteiger partial charge on any atom is 0.143 e. The van der Waals surface area contributed by atoms with Gasteiger partial charge < -0.3 is 0 Å². The first kappa shape index (κ1) is 13.3. The van der Waals surface area contributed by atoms with E-state index < -0.39 is 0 Å². The molecule has 1 aliphatic rings. The second-order valence-corrected chi connectivity index (χ2v) is 6.03. The Labute approximate surface area is 111 Å². The van der Waals surface area contributed by atoms with Crippen LogP contribution in [0.3, 0.4) is 0 Å². The topological polar surface area (TPSA) is 17.1 Å². The zero-order valence-electron chi connectivity index (χ0n) is 11.6. The molecule has 1 nitrogen and oxygen atoms in total. The van der Waals surface area contributed by atoms with Crippen molar-refractivity contribution in [2.24, 2.45) is 5.92 Å². The van der Waals surface area contributed by atoms with Crippen LogP contribution in [0.2, 0.25) is 0 Å². The summed E-state index contributed by atoms with van der Waals surface area (Å²) < 4.78 is 0. The Morgan fingerprint density at radius 2 is 1.72 bits per heavy atom. The molecule has 0 heterocycles. The van der Waals surface area contributed by atoms with Crippen molar-refractivity contribution < 1.29 is 4.79 Å². The first-order valence-electron chi connectivity index (χ1n) is 7.24. The van der Waals surface area contributed by atoms with Crippen molar-refractivity contribution in [3.63, 3.8) is 0 Å². The predicted octanol–water partition coefficient (Wildman–Crippen LogP) is 4.50. The fourth-order valence-corrected chi connectivity index (χ4v) is 3.21. The van der Waals surface area contributed by atoms with Crippen LogP contribution in [0.5, 0.6) is 0 Å². The summed E-state index contributed by atoms with van der Waals surface area (Å²) in [5, 5.41) is 0. The average Bonchev–Trinajstić information content (AvgIpc) is 2.40. The highest BCUT2D eigenvalue weighted by Crippen LogP contribution is 2.41. The van der Waals surface area contributed by atoms with Crippen LogP contribution in [0.15, 0.2) is 30.3 Å². The first-order valence-corrected chi connectivity index (χ1v) is 7.24. The Bertz CT molecular complexity index is 385. The highest BCUT2D eigenvalue weighted by molar-refractivity contribution is 5.90. The summed E-state index contributed by atoms with van der Waals surface area (Å²) in [5.74, 6) is 0.920. The normalized spacial score (nSPS) is 18.8. The monoisotopic (exact) mass is 244 g/mol. The Morgan fingerprint density at radius 1 is 1.11 bits per heavy atom. The molecule has 0 aromatic heterocycles. The molecule has 1 aliphatic carbocycles. The molecule has 0 bridgehead atoms. The molecule has 2 rings (SSSR count). The van der Waals surface area contributed by atoms with Crippen molar-refractivity contribution in [1.82, 2.24) is 0 Å². The minimum atomic E-state index is -0.177. The predicted molar refractivity (Wildman–Crippen MR) is 75.7 cm³/mol. The van der Waals surface area contributed by atoms with Crippen LogP contribution >= 0.6 is 0 Å². The quantitative estimate of drug-likeness (QED) is 0.762. The van der Waals surface area contributed by atoms with E-state index in [2.05, 4.69) is 38.1 Å². The third kappa shape index (κ3) is 2.66. The van der Waals surface area contributed by atoms with Crippen LogP contribution in [-0.4, -0.2) is 5.78 Å². The summed E-state index contributed by atoms with van der Waals surface area (Å²) in [5.41, 5.74) is 1.07. The third-order valence-corrected chi connectivity index (χ3v) is 4.16. The standard InChI is InChI=1S/C17H24O/c1-14(2)13-16(18)17(11-7-4-8-12-17)15-9-5-3-6-10-15/h3,5-6,9-10,14H,4,7-8,11-13H2,1-2H3. The van der Waals surface area contributed by atoms with Crippen molar-refractivity contribution in [2.45, 2.75) is 57.8 Å². The molecule has 18 heavy (non-hydrogen) atoms. The molecule has 0 N–H and O–H groups in total. The van der Waals surface area contributed by atoms with Crippen LogP contribution in [0.4, 0.5) is 0 Å². The van der Waals surface area contributed by atoms with Gasteiger partial charge in [-0.15, -0.1) is 0 Å². The van der Waals surface area contributed by atoms with Crippen LogP contribution in [0.1, 0.15) is 57.9 Å². The van der Waals surface area contributed by atoms with E-state index in [1.807, 2.05) is 6.07 Å². The Hall–Kier alpha value is -1.11. The van der Waals surface area contributed by atoms with Gasteiger partial charge in [-0.3, -0.25) is 4.79 Å². The summed E-state index contributed by atoms with van der Waals surface area (Å²) >= 11 is 0. The number of rotatable bonds is 4. The van der Waals surface area contributed by atoms with Crippen molar-refractivity contribution >= 4 is 5.78 Å². The average molecular weight is 244 g/mol. The lowest BCUT2D eigenvalue weighted by molar-refractivity contribution is -0.126. The number of carbonyl (C=O) groups excluding carboxylic acids is 1. The largest absolute Gasteiger partial charge is 0.299 e. The second kappa shape index (κ2) is 5.69. The number of ketones is 1. The molecule has 0 aliphatic heterocycles. The SMILES string of the molecule is CC(C)CC(=O)C1(c2ccccc2)CCCCC1. The van der Waals surface area contributed by atoms with Crippen LogP contribution in [-0.2, 0) is 10.2 Å². The molecule has 1 saturated carbocycles. The summed E-state index contributed by atoms with van der Waals surface area (Å²) in [7, 11) is 0. The molecule has 1 fully saturated rings. The molecule has 1 aromatic rings. The second-order valence-electron chi connectivity index (χ2n) is 6.03. The highest BCUT2D eigenvalue weighted by atomic mass is 16.1. The lowest BCUT2D eigenvalue weighted by atomic mass is 9.65. The molecular weight excluding hydrogens is 220 g/mol. The van der Waals surface area contributed by atoms with E-state index in [1.54, 1.807) is 0 Å². The zero-order valence-corrected chi connectivity index (χ0v) is 11.6. The Morgan fingerprint density at radius 3 is 2.28 bits per heavy atom. The molecule has 0 radical (unpaired) electrons. The number of carbonyl (C=O) groups is 1. The van der Waals surface area contributed by atoms with Crippen molar-refractivity contribution in [3.8, 4) is 0 Å². The molecule has 1 heteroatoms. The summed E-state index contributed by atoms with van der Waals surface area (Å²) in [4.78, 5) is 12.7. The minimum absolute atomic E-state index is 0.177. The Kier molecular flexibility index (Phi) is 4.21. The lowest BCUT2D eigenvalue weighted by Gasteiger charge is -2.37. The molecule has 0 spiro atoms. The number of hydrogen-bond donors (Lipinski definition) is 0. The molecule has 0 amide bonds. The van der Waals surface area contributed by atoms with Crippen molar-refractivity contribution in [3.05, 3.63) is 35.9 Å². The number of Topliss-reactive ketones (excluding diaryl/α,β-unsaturated/α-hetero) is 1. The van der Waals surface area contributed by atoms with E-state index in [4.69, 9.17) is 0 Å². The van der Waals surface area contributed by atoms with Gasteiger partial charge in [0.05, 0.1) is 5.41 Å². The van der Waals surface area contributed by atoms with E-state index in [-0.39, 0.29) is 5.41 Å². The molecule has 0 atom stereocenters. The highest BCUT2D eigenvalue weighted by Gasteiger charge is 2.40. The maximum absolute atomic E-state index is 12.7. The summed E-state index contributed by atoms with van der Waals surface area (Å²) in [6.07, 6.45) is 6.47. The van der Waals surface area contributed by atoms with Gasteiger partial charge in [0.1, 0.15) is 5.78 Å². The fourth-order valence-electron chi connectivity index (χ4n) is 3.21.